The van der Waals surface area contributed by atoms with Crippen molar-refractivity contribution in [3.63, 3.8) is 0 Å². The van der Waals surface area contributed by atoms with Gasteiger partial charge in [0, 0.05) is 29.9 Å². The van der Waals surface area contributed by atoms with Crippen molar-refractivity contribution >= 4 is 5.69 Å². The number of nitro benzene ring substituents is 1. The topological polar surface area (TPSA) is 87.0 Å². The number of nitrogens with two attached hydrogens (primary N) is 1. The normalized spacial score (nSPS) is 10.8. The molecule has 0 unspecified atom stereocenters. The molecule has 0 fully saturated rings. The van der Waals surface area contributed by atoms with Crippen molar-refractivity contribution < 1.29 is 4.92 Å². The van der Waals surface area contributed by atoms with E-state index in [1.807, 2.05) is 10.7 Å². The summed E-state index contributed by atoms with van der Waals surface area (Å²) in [5.74, 6) is 0. The maximum absolute atomic E-state index is 10.8. The second kappa shape index (κ2) is 6.49. The van der Waals surface area contributed by atoms with Crippen LogP contribution in [0.1, 0.15) is 36.4 Å². The van der Waals surface area contributed by atoms with Crippen LogP contribution in [0.15, 0.2) is 24.3 Å². The molecule has 1 aromatic heterocycles. The Kier molecular flexibility index (Phi) is 4.70. The number of rotatable bonds is 6. The van der Waals surface area contributed by atoms with Gasteiger partial charge in [0.05, 0.1) is 17.2 Å². The predicted octanol–water partition coefficient (Wildman–Crippen LogP) is 2.42. The first-order valence-electron chi connectivity index (χ1n) is 7.11. The van der Waals surface area contributed by atoms with E-state index in [0.717, 1.165) is 35.4 Å². The van der Waals surface area contributed by atoms with Crippen LogP contribution >= 0.6 is 0 Å². The van der Waals surface area contributed by atoms with Gasteiger partial charge in [0.25, 0.3) is 5.69 Å². The highest BCUT2D eigenvalue weighted by atomic mass is 16.6. The fourth-order valence-electron chi connectivity index (χ4n) is 2.58. The highest BCUT2D eigenvalue weighted by Crippen LogP contribution is 2.19. The van der Waals surface area contributed by atoms with E-state index in [9.17, 15) is 10.1 Å². The molecule has 0 saturated heterocycles. The molecule has 0 saturated carbocycles. The average Bonchev–Trinajstić information content (AvgIpc) is 2.83. The molecule has 6 nitrogen and oxygen atoms in total. The van der Waals surface area contributed by atoms with Gasteiger partial charge in [0.15, 0.2) is 0 Å². The Morgan fingerprint density at radius 2 is 2.10 bits per heavy atom. The van der Waals surface area contributed by atoms with Gasteiger partial charge in [-0.2, -0.15) is 5.10 Å². The van der Waals surface area contributed by atoms with Crippen molar-refractivity contribution in [2.75, 3.05) is 0 Å². The maximum Gasteiger partial charge on any atom is 0.269 e. The standard InChI is InChI=1S/C15H20N4O2/c1-3-14-13(9-16)15(4-2)18(17-14)10-11-6-5-7-12(8-11)19(20)21/h5-8H,3-4,9-10,16H2,1-2H3. The minimum atomic E-state index is -0.379. The molecule has 0 amide bonds. The molecule has 0 aliphatic heterocycles. The van der Waals surface area contributed by atoms with Crippen molar-refractivity contribution in [3.8, 4) is 0 Å². The molecule has 2 rings (SSSR count). The van der Waals surface area contributed by atoms with E-state index < -0.39 is 0 Å². The van der Waals surface area contributed by atoms with E-state index in [4.69, 9.17) is 5.73 Å². The molecule has 21 heavy (non-hydrogen) atoms. The maximum atomic E-state index is 10.8. The first-order chi connectivity index (χ1) is 10.1. The molecule has 2 N–H and O–H groups in total. The van der Waals surface area contributed by atoms with Gasteiger partial charge >= 0.3 is 0 Å². The lowest BCUT2D eigenvalue weighted by Gasteiger charge is -2.07. The summed E-state index contributed by atoms with van der Waals surface area (Å²) in [6.45, 7) is 5.12. The molecule has 6 heteroatoms. The Morgan fingerprint density at radius 1 is 1.33 bits per heavy atom. The van der Waals surface area contributed by atoms with E-state index in [0.29, 0.717) is 13.1 Å². The summed E-state index contributed by atoms with van der Waals surface area (Å²) in [4.78, 5) is 10.5. The van der Waals surface area contributed by atoms with Gasteiger partial charge in [0.1, 0.15) is 0 Å². The molecule has 1 aromatic carbocycles. The Labute approximate surface area is 123 Å². The average molecular weight is 288 g/mol. The van der Waals surface area contributed by atoms with Crippen LogP contribution in [-0.4, -0.2) is 14.7 Å². The van der Waals surface area contributed by atoms with Gasteiger partial charge in [-0.15, -0.1) is 0 Å². The summed E-state index contributed by atoms with van der Waals surface area (Å²) < 4.78 is 1.92. The number of nitro groups is 1. The van der Waals surface area contributed by atoms with Crippen molar-refractivity contribution in [2.24, 2.45) is 5.73 Å². The summed E-state index contributed by atoms with van der Waals surface area (Å²) in [5, 5.41) is 15.5. The summed E-state index contributed by atoms with van der Waals surface area (Å²) in [5.41, 5.74) is 10.0. The summed E-state index contributed by atoms with van der Waals surface area (Å²) in [7, 11) is 0. The first-order valence-corrected chi connectivity index (χ1v) is 7.11. The third-order valence-electron chi connectivity index (χ3n) is 3.58. The number of hydrogen-bond acceptors (Lipinski definition) is 4. The van der Waals surface area contributed by atoms with Crippen LogP contribution in [-0.2, 0) is 25.9 Å². The second-order valence-corrected chi connectivity index (χ2v) is 4.87. The van der Waals surface area contributed by atoms with Crippen LogP contribution in [0.4, 0.5) is 5.69 Å². The fraction of sp³-hybridized carbons (Fsp3) is 0.400. The number of hydrogen-bond donors (Lipinski definition) is 1. The number of non-ortho nitro benzene ring substituents is 1. The van der Waals surface area contributed by atoms with Crippen LogP contribution in [0.25, 0.3) is 0 Å². The third kappa shape index (κ3) is 3.11. The van der Waals surface area contributed by atoms with Gasteiger partial charge in [-0.05, 0) is 18.4 Å². The molecule has 0 atom stereocenters. The van der Waals surface area contributed by atoms with E-state index in [2.05, 4.69) is 18.9 Å². The lowest BCUT2D eigenvalue weighted by molar-refractivity contribution is -0.384. The molecule has 112 valence electrons. The Balaban J connectivity index is 2.37. The zero-order valence-corrected chi connectivity index (χ0v) is 12.4. The van der Waals surface area contributed by atoms with E-state index in [1.54, 1.807) is 12.1 Å². The highest BCUT2D eigenvalue weighted by Gasteiger charge is 2.15. The fourth-order valence-corrected chi connectivity index (χ4v) is 2.58. The van der Waals surface area contributed by atoms with Crippen molar-refractivity contribution in [3.05, 3.63) is 56.9 Å². The molecule has 0 radical (unpaired) electrons. The Hall–Kier alpha value is -2.21. The lowest BCUT2D eigenvalue weighted by Crippen LogP contribution is -2.08. The van der Waals surface area contributed by atoms with Crippen LogP contribution in [0, 0.1) is 10.1 Å². The smallest absolute Gasteiger partial charge is 0.269 e. The molecule has 1 heterocycles. The van der Waals surface area contributed by atoms with Crippen LogP contribution < -0.4 is 5.73 Å². The Bertz CT molecular complexity index is 649. The molecule has 0 aliphatic rings. The monoisotopic (exact) mass is 288 g/mol. The van der Waals surface area contributed by atoms with E-state index >= 15 is 0 Å². The minimum Gasteiger partial charge on any atom is -0.326 e. The van der Waals surface area contributed by atoms with Crippen LogP contribution in [0.5, 0.6) is 0 Å². The summed E-state index contributed by atoms with van der Waals surface area (Å²) in [6.07, 6.45) is 1.68. The number of aryl methyl sites for hydroxylation is 1. The van der Waals surface area contributed by atoms with Crippen LogP contribution in [0.2, 0.25) is 0 Å². The molecule has 2 aromatic rings. The van der Waals surface area contributed by atoms with E-state index in [-0.39, 0.29) is 10.6 Å². The summed E-state index contributed by atoms with van der Waals surface area (Å²) in [6, 6.07) is 6.67. The predicted molar refractivity (Wildman–Crippen MR) is 81.1 cm³/mol. The van der Waals surface area contributed by atoms with Crippen molar-refractivity contribution in [2.45, 2.75) is 39.8 Å². The molecule has 0 aliphatic carbocycles. The minimum absolute atomic E-state index is 0.104. The van der Waals surface area contributed by atoms with Gasteiger partial charge in [-0.3, -0.25) is 14.8 Å². The molecular formula is C15H20N4O2. The van der Waals surface area contributed by atoms with Gasteiger partial charge in [-0.1, -0.05) is 26.0 Å². The van der Waals surface area contributed by atoms with Crippen LogP contribution in [0.3, 0.4) is 0 Å². The van der Waals surface area contributed by atoms with Crippen molar-refractivity contribution in [1.29, 1.82) is 0 Å². The molecule has 0 spiro atoms. The highest BCUT2D eigenvalue weighted by molar-refractivity contribution is 5.35. The Morgan fingerprint density at radius 3 is 2.67 bits per heavy atom. The lowest BCUT2D eigenvalue weighted by atomic mass is 10.1. The summed E-state index contributed by atoms with van der Waals surface area (Å²) >= 11 is 0. The van der Waals surface area contributed by atoms with Crippen molar-refractivity contribution in [1.82, 2.24) is 9.78 Å². The van der Waals surface area contributed by atoms with Gasteiger partial charge < -0.3 is 5.73 Å². The first kappa shape index (κ1) is 15.2. The largest absolute Gasteiger partial charge is 0.326 e. The number of aromatic nitrogens is 2. The van der Waals surface area contributed by atoms with Gasteiger partial charge in [-0.25, -0.2) is 0 Å². The number of nitrogens with zero attached hydrogens (tertiary/aromatic N) is 3. The quantitative estimate of drug-likeness (QED) is 0.653. The van der Waals surface area contributed by atoms with E-state index in [1.165, 1.54) is 6.07 Å². The third-order valence-corrected chi connectivity index (χ3v) is 3.58. The number of benzene rings is 1. The van der Waals surface area contributed by atoms with Gasteiger partial charge in [0.2, 0.25) is 0 Å². The zero-order valence-electron chi connectivity index (χ0n) is 12.4. The molecule has 0 bridgehead atoms. The second-order valence-electron chi connectivity index (χ2n) is 4.87. The SMILES string of the molecule is CCc1nn(Cc2cccc([N+](=O)[O-])c2)c(CC)c1CN. The molecular weight excluding hydrogens is 268 g/mol. The zero-order chi connectivity index (χ0) is 15.4.